The number of aliphatic hydroxyl groups is 1. The zero-order valence-electron chi connectivity index (χ0n) is 18.3. The molecule has 0 bridgehead atoms. The van der Waals surface area contributed by atoms with Crippen molar-refractivity contribution in [3.05, 3.63) is 54.1 Å². The van der Waals surface area contributed by atoms with E-state index in [1.54, 1.807) is 10.5 Å². The number of nitrogens with zero attached hydrogens (tertiary/aromatic N) is 5. The SMILES string of the molecule is Cc1cc(Nc2nc(Sc3ccc(NC(=O)CN4CCC(O)C4)c(F)c3)nc3cccn23)n[nH]1. The molecule has 34 heavy (non-hydrogen) atoms. The maximum Gasteiger partial charge on any atom is 0.238 e. The van der Waals surface area contributed by atoms with Crippen molar-refractivity contribution in [1.29, 1.82) is 0 Å². The van der Waals surface area contributed by atoms with Gasteiger partial charge in [0.1, 0.15) is 11.5 Å². The van der Waals surface area contributed by atoms with Crippen LogP contribution in [0.2, 0.25) is 0 Å². The van der Waals surface area contributed by atoms with E-state index >= 15 is 0 Å². The maximum absolute atomic E-state index is 14.7. The van der Waals surface area contributed by atoms with Crippen LogP contribution in [0.25, 0.3) is 5.65 Å². The molecule has 1 saturated heterocycles. The summed E-state index contributed by atoms with van der Waals surface area (Å²) in [6.07, 6.45) is 2.07. The molecule has 0 radical (unpaired) electrons. The highest BCUT2D eigenvalue weighted by Gasteiger charge is 2.22. The van der Waals surface area contributed by atoms with Gasteiger partial charge in [0, 0.05) is 35.9 Å². The van der Waals surface area contributed by atoms with Gasteiger partial charge in [0.25, 0.3) is 0 Å². The quantitative estimate of drug-likeness (QED) is 0.317. The molecule has 0 saturated carbocycles. The predicted octanol–water partition coefficient (Wildman–Crippen LogP) is 2.80. The summed E-state index contributed by atoms with van der Waals surface area (Å²) in [5, 5.41) is 22.8. The van der Waals surface area contributed by atoms with E-state index in [4.69, 9.17) is 0 Å². The van der Waals surface area contributed by atoms with Gasteiger partial charge in [0.05, 0.1) is 18.3 Å². The van der Waals surface area contributed by atoms with Crippen LogP contribution in [0, 0.1) is 12.7 Å². The molecule has 1 atom stereocenters. The van der Waals surface area contributed by atoms with Gasteiger partial charge in [-0.3, -0.25) is 19.2 Å². The number of rotatable bonds is 7. The van der Waals surface area contributed by atoms with Gasteiger partial charge in [-0.2, -0.15) is 10.1 Å². The zero-order valence-corrected chi connectivity index (χ0v) is 19.1. The van der Waals surface area contributed by atoms with E-state index in [2.05, 4.69) is 30.8 Å². The van der Waals surface area contributed by atoms with Gasteiger partial charge in [-0.1, -0.05) is 0 Å². The number of nitrogens with one attached hydrogen (secondary N) is 3. The standard InChI is InChI=1S/C22H23FN8O2S/c1-13-9-18(29-28-13)25-21-27-22(26-19-3-2-7-31(19)21)34-15-4-5-17(16(23)10-15)24-20(33)12-30-8-6-14(32)11-30/h2-5,7,9-10,14,32H,6,8,11-12H2,1H3,(H,24,33)(H2,25,26,27,28,29). The summed E-state index contributed by atoms with van der Waals surface area (Å²) >= 11 is 1.21. The molecule has 1 aromatic carbocycles. The molecule has 4 N–H and O–H groups in total. The van der Waals surface area contributed by atoms with Crippen molar-refractivity contribution < 1.29 is 14.3 Å². The maximum atomic E-state index is 14.7. The van der Waals surface area contributed by atoms with Crippen LogP contribution < -0.4 is 10.6 Å². The number of anilines is 3. The van der Waals surface area contributed by atoms with Crippen molar-refractivity contribution in [3.8, 4) is 0 Å². The third-order valence-electron chi connectivity index (χ3n) is 5.35. The Kier molecular flexibility index (Phi) is 6.18. The molecule has 5 rings (SSSR count). The monoisotopic (exact) mass is 482 g/mol. The molecule has 10 nitrogen and oxygen atoms in total. The van der Waals surface area contributed by atoms with Crippen LogP contribution in [-0.4, -0.2) is 66.2 Å². The Morgan fingerprint density at radius 1 is 1.32 bits per heavy atom. The van der Waals surface area contributed by atoms with E-state index in [0.717, 1.165) is 5.69 Å². The summed E-state index contributed by atoms with van der Waals surface area (Å²) in [6.45, 7) is 3.12. The minimum Gasteiger partial charge on any atom is -0.392 e. The minimum absolute atomic E-state index is 0.105. The average Bonchev–Trinajstić information content (AvgIpc) is 3.52. The molecule has 1 aliphatic heterocycles. The smallest absolute Gasteiger partial charge is 0.238 e. The Morgan fingerprint density at radius 3 is 2.94 bits per heavy atom. The summed E-state index contributed by atoms with van der Waals surface area (Å²) in [7, 11) is 0. The van der Waals surface area contributed by atoms with Crippen molar-refractivity contribution in [2.24, 2.45) is 0 Å². The molecule has 0 aliphatic carbocycles. The Bertz CT molecular complexity index is 1340. The third-order valence-corrected chi connectivity index (χ3v) is 6.21. The number of aryl methyl sites for hydroxylation is 1. The van der Waals surface area contributed by atoms with Gasteiger partial charge in [0.2, 0.25) is 11.9 Å². The van der Waals surface area contributed by atoms with Crippen molar-refractivity contribution in [1.82, 2.24) is 29.5 Å². The molecule has 0 spiro atoms. The number of carbonyl (C=O) groups excluding carboxylic acids is 1. The van der Waals surface area contributed by atoms with Crippen LogP contribution in [0.3, 0.4) is 0 Å². The average molecular weight is 483 g/mol. The lowest BCUT2D eigenvalue weighted by Crippen LogP contribution is -2.32. The fraction of sp³-hybridized carbons (Fsp3) is 0.273. The molecule has 1 fully saturated rings. The number of hydrogen-bond donors (Lipinski definition) is 4. The summed E-state index contributed by atoms with van der Waals surface area (Å²) in [5.74, 6) is 0.283. The number of H-pyrrole nitrogens is 1. The van der Waals surface area contributed by atoms with Crippen molar-refractivity contribution in [3.63, 3.8) is 0 Å². The number of halogens is 1. The number of fused-ring (bicyclic) bond motifs is 1. The predicted molar refractivity (Wildman–Crippen MR) is 126 cm³/mol. The zero-order chi connectivity index (χ0) is 23.7. The van der Waals surface area contributed by atoms with Crippen LogP contribution in [-0.2, 0) is 4.79 Å². The normalized spacial score (nSPS) is 16.3. The van der Waals surface area contributed by atoms with Gasteiger partial charge in [-0.15, -0.1) is 0 Å². The van der Waals surface area contributed by atoms with Crippen molar-refractivity contribution in [2.45, 2.75) is 29.5 Å². The summed E-state index contributed by atoms with van der Waals surface area (Å²) in [6, 6.07) is 10.1. The molecular formula is C22H23FN8O2S. The molecule has 1 aliphatic rings. The van der Waals surface area contributed by atoms with Crippen LogP contribution in [0.15, 0.2) is 52.6 Å². The number of aromatic nitrogens is 5. The number of aliphatic hydroxyl groups excluding tert-OH is 1. The number of likely N-dealkylation sites (tertiary alicyclic amines) is 1. The van der Waals surface area contributed by atoms with Gasteiger partial charge in [-0.25, -0.2) is 9.37 Å². The second-order valence-electron chi connectivity index (χ2n) is 8.10. The molecule has 3 aromatic heterocycles. The minimum atomic E-state index is -0.547. The van der Waals surface area contributed by atoms with E-state index in [-0.39, 0.29) is 18.1 Å². The third kappa shape index (κ3) is 5.03. The molecular weight excluding hydrogens is 459 g/mol. The number of hydrogen-bond acceptors (Lipinski definition) is 8. The first kappa shape index (κ1) is 22.3. The van der Waals surface area contributed by atoms with Gasteiger partial charge < -0.3 is 15.7 Å². The number of amides is 1. The Labute approximate surface area is 198 Å². The number of aromatic amines is 1. The highest BCUT2D eigenvalue weighted by atomic mass is 32.2. The van der Waals surface area contributed by atoms with Gasteiger partial charge >= 0.3 is 0 Å². The molecule has 4 aromatic rings. The highest BCUT2D eigenvalue weighted by molar-refractivity contribution is 7.99. The van der Waals surface area contributed by atoms with Crippen molar-refractivity contribution in [2.75, 3.05) is 30.3 Å². The van der Waals surface area contributed by atoms with Crippen LogP contribution in [0.5, 0.6) is 0 Å². The second kappa shape index (κ2) is 9.41. The molecule has 176 valence electrons. The summed E-state index contributed by atoms with van der Waals surface area (Å²) in [4.78, 5) is 23.8. The Hall–Kier alpha value is -3.48. The van der Waals surface area contributed by atoms with Crippen LogP contribution in [0.1, 0.15) is 12.1 Å². The lowest BCUT2D eigenvalue weighted by Gasteiger charge is -2.15. The van der Waals surface area contributed by atoms with E-state index in [1.807, 2.05) is 36.2 Å². The fourth-order valence-corrected chi connectivity index (χ4v) is 4.54. The van der Waals surface area contributed by atoms with E-state index in [0.29, 0.717) is 47.0 Å². The lowest BCUT2D eigenvalue weighted by molar-refractivity contribution is -0.117. The Balaban J connectivity index is 1.30. The first-order valence-electron chi connectivity index (χ1n) is 10.7. The lowest BCUT2D eigenvalue weighted by atomic mass is 10.3. The first-order valence-corrected chi connectivity index (χ1v) is 11.6. The first-order chi connectivity index (χ1) is 16.4. The number of carbonyl (C=O) groups is 1. The molecule has 1 amide bonds. The van der Waals surface area contributed by atoms with Gasteiger partial charge in [-0.05, 0) is 55.4 Å². The fourth-order valence-electron chi connectivity index (χ4n) is 3.75. The van der Waals surface area contributed by atoms with Crippen LogP contribution >= 0.6 is 11.8 Å². The second-order valence-corrected chi connectivity index (χ2v) is 9.14. The van der Waals surface area contributed by atoms with E-state index < -0.39 is 11.9 Å². The Morgan fingerprint density at radius 2 is 2.21 bits per heavy atom. The largest absolute Gasteiger partial charge is 0.392 e. The van der Waals surface area contributed by atoms with E-state index in [1.165, 1.54) is 23.9 Å². The van der Waals surface area contributed by atoms with Gasteiger partial charge in [0.15, 0.2) is 11.0 Å². The number of benzene rings is 1. The van der Waals surface area contributed by atoms with Crippen molar-refractivity contribution >= 4 is 40.8 Å². The highest BCUT2D eigenvalue weighted by Crippen LogP contribution is 2.29. The molecule has 12 heteroatoms. The molecule has 4 heterocycles. The summed E-state index contributed by atoms with van der Waals surface area (Å²) < 4.78 is 16.5. The number of β-amino-alcohol motifs (C(OH)–C–C–N with tert-alkyl or cyclic N) is 1. The topological polar surface area (TPSA) is 123 Å². The summed E-state index contributed by atoms with van der Waals surface area (Å²) in [5.41, 5.74) is 1.70. The van der Waals surface area contributed by atoms with E-state index in [9.17, 15) is 14.3 Å². The van der Waals surface area contributed by atoms with Crippen LogP contribution in [0.4, 0.5) is 21.8 Å². The molecule has 1 unspecified atom stereocenters.